The fourth-order valence-electron chi connectivity index (χ4n) is 1.69. The van der Waals surface area contributed by atoms with Crippen molar-refractivity contribution in [1.82, 2.24) is 4.98 Å². The molecule has 17 heavy (non-hydrogen) atoms. The molecule has 1 aromatic carbocycles. The molecular formula is C13H16BrN3. The molecule has 0 amide bonds. The molecule has 2 aromatic rings. The van der Waals surface area contributed by atoms with E-state index in [1.165, 1.54) is 0 Å². The second kappa shape index (κ2) is 4.92. The number of anilines is 2. The van der Waals surface area contributed by atoms with Gasteiger partial charge in [-0.1, -0.05) is 13.8 Å². The maximum atomic E-state index is 6.04. The molecule has 3 nitrogen and oxygen atoms in total. The lowest BCUT2D eigenvalue weighted by Gasteiger charge is -2.12. The van der Waals surface area contributed by atoms with Gasteiger partial charge < -0.3 is 11.1 Å². The number of hydrogen-bond donors (Lipinski definition) is 2. The minimum absolute atomic E-state index is 0.583. The van der Waals surface area contributed by atoms with Crippen LogP contribution < -0.4 is 11.1 Å². The molecule has 3 N–H and O–H groups in total. The molecule has 4 heteroatoms. The van der Waals surface area contributed by atoms with Gasteiger partial charge in [0.15, 0.2) is 0 Å². The first-order chi connectivity index (χ1) is 8.09. The summed E-state index contributed by atoms with van der Waals surface area (Å²) in [6.07, 6.45) is 1.79. The van der Waals surface area contributed by atoms with Crippen LogP contribution in [0.4, 0.5) is 11.5 Å². The Morgan fingerprint density at radius 2 is 2.06 bits per heavy atom. The van der Waals surface area contributed by atoms with E-state index < -0.39 is 0 Å². The fourth-order valence-corrected chi connectivity index (χ4v) is 2.04. The molecule has 0 atom stereocenters. The van der Waals surface area contributed by atoms with Crippen LogP contribution in [-0.2, 0) is 0 Å². The van der Waals surface area contributed by atoms with Crippen molar-refractivity contribution in [1.29, 1.82) is 0 Å². The summed E-state index contributed by atoms with van der Waals surface area (Å²) in [5, 5.41) is 5.44. The molecule has 0 aliphatic rings. The highest BCUT2D eigenvalue weighted by Gasteiger charge is 2.07. The van der Waals surface area contributed by atoms with E-state index in [2.05, 4.69) is 40.1 Å². The van der Waals surface area contributed by atoms with Gasteiger partial charge in [-0.15, -0.1) is 0 Å². The number of nitrogens with zero attached hydrogens (tertiary/aromatic N) is 1. The number of nitrogen functional groups attached to an aromatic ring is 1. The fraction of sp³-hybridized carbons (Fsp3) is 0.308. The summed E-state index contributed by atoms with van der Waals surface area (Å²) >= 11 is 3.44. The van der Waals surface area contributed by atoms with E-state index in [0.717, 1.165) is 33.3 Å². The third-order valence-electron chi connectivity index (χ3n) is 2.61. The molecule has 1 heterocycles. The second-order valence-corrected chi connectivity index (χ2v) is 5.34. The highest BCUT2D eigenvalue weighted by atomic mass is 79.9. The number of fused-ring (bicyclic) bond motifs is 1. The van der Waals surface area contributed by atoms with Gasteiger partial charge in [0.05, 0.1) is 5.69 Å². The van der Waals surface area contributed by atoms with Crippen molar-refractivity contribution >= 4 is 38.2 Å². The average Bonchev–Trinajstić information content (AvgIpc) is 2.31. The molecule has 0 spiro atoms. The van der Waals surface area contributed by atoms with Crippen molar-refractivity contribution in [2.24, 2.45) is 5.92 Å². The van der Waals surface area contributed by atoms with Gasteiger partial charge in [-0.05, 0) is 40.0 Å². The van der Waals surface area contributed by atoms with Crippen molar-refractivity contribution in [2.75, 3.05) is 17.6 Å². The maximum Gasteiger partial charge on any atom is 0.133 e. The first-order valence-electron chi connectivity index (χ1n) is 5.66. The lowest BCUT2D eigenvalue weighted by molar-refractivity contribution is 0.687. The third kappa shape index (κ3) is 2.52. The van der Waals surface area contributed by atoms with Crippen LogP contribution in [0.2, 0.25) is 0 Å². The number of halogens is 1. The topological polar surface area (TPSA) is 50.9 Å². The molecule has 0 aliphatic carbocycles. The van der Waals surface area contributed by atoms with Crippen molar-refractivity contribution in [3.05, 3.63) is 28.9 Å². The van der Waals surface area contributed by atoms with E-state index in [1.807, 2.05) is 18.2 Å². The Hall–Kier alpha value is -1.29. The Kier molecular flexibility index (Phi) is 3.52. The van der Waals surface area contributed by atoms with Crippen molar-refractivity contribution in [2.45, 2.75) is 13.8 Å². The molecular weight excluding hydrogens is 278 g/mol. The van der Waals surface area contributed by atoms with Crippen LogP contribution in [0.15, 0.2) is 28.9 Å². The van der Waals surface area contributed by atoms with E-state index in [4.69, 9.17) is 5.73 Å². The van der Waals surface area contributed by atoms with E-state index >= 15 is 0 Å². The highest BCUT2D eigenvalue weighted by molar-refractivity contribution is 9.10. The largest absolute Gasteiger partial charge is 0.397 e. The van der Waals surface area contributed by atoms with Gasteiger partial charge in [0.25, 0.3) is 0 Å². The summed E-state index contributed by atoms with van der Waals surface area (Å²) in [6.45, 7) is 5.24. The predicted molar refractivity (Wildman–Crippen MR) is 77.2 cm³/mol. The zero-order chi connectivity index (χ0) is 12.4. The maximum absolute atomic E-state index is 6.04. The molecule has 0 aliphatic heterocycles. The van der Waals surface area contributed by atoms with Gasteiger partial charge in [0, 0.05) is 28.0 Å². The molecule has 0 unspecified atom stereocenters. The highest BCUT2D eigenvalue weighted by Crippen LogP contribution is 2.31. The van der Waals surface area contributed by atoms with Crippen LogP contribution in [0.5, 0.6) is 0 Å². The number of nitrogens with two attached hydrogens (primary N) is 1. The zero-order valence-electron chi connectivity index (χ0n) is 10.00. The third-order valence-corrected chi connectivity index (χ3v) is 3.30. The number of aromatic nitrogens is 1. The normalized spacial score (nSPS) is 11.1. The molecule has 0 saturated heterocycles. The average molecular weight is 294 g/mol. The van der Waals surface area contributed by atoms with Crippen LogP contribution in [-0.4, -0.2) is 11.5 Å². The minimum Gasteiger partial charge on any atom is -0.397 e. The Morgan fingerprint density at radius 1 is 1.29 bits per heavy atom. The Labute approximate surface area is 110 Å². The molecule has 2 rings (SSSR count). The van der Waals surface area contributed by atoms with E-state index in [-0.39, 0.29) is 0 Å². The minimum atomic E-state index is 0.583. The quantitative estimate of drug-likeness (QED) is 0.850. The number of benzene rings is 1. The summed E-state index contributed by atoms with van der Waals surface area (Å²) < 4.78 is 0.922. The van der Waals surface area contributed by atoms with Crippen molar-refractivity contribution in [3.8, 4) is 0 Å². The molecule has 1 aromatic heterocycles. The summed E-state index contributed by atoms with van der Waals surface area (Å²) in [5.74, 6) is 1.48. The first-order valence-corrected chi connectivity index (χ1v) is 6.45. The van der Waals surface area contributed by atoms with Gasteiger partial charge in [-0.2, -0.15) is 0 Å². The van der Waals surface area contributed by atoms with Crippen LogP contribution in [0.3, 0.4) is 0 Å². The molecule has 0 saturated carbocycles. The van der Waals surface area contributed by atoms with Gasteiger partial charge >= 0.3 is 0 Å². The SMILES string of the molecule is CC(C)CNc1nccc2c(N)c(Br)ccc12. The number of nitrogens with one attached hydrogen (secondary N) is 1. The lowest BCUT2D eigenvalue weighted by atomic mass is 10.1. The first kappa shape index (κ1) is 12.2. The lowest BCUT2D eigenvalue weighted by Crippen LogP contribution is -2.09. The summed E-state index contributed by atoms with van der Waals surface area (Å²) in [7, 11) is 0. The van der Waals surface area contributed by atoms with Crippen molar-refractivity contribution in [3.63, 3.8) is 0 Å². The number of hydrogen-bond acceptors (Lipinski definition) is 3. The number of pyridine rings is 1. The molecule has 90 valence electrons. The Morgan fingerprint density at radius 3 is 2.76 bits per heavy atom. The summed E-state index contributed by atoms with van der Waals surface area (Å²) in [4.78, 5) is 4.37. The molecule has 0 radical (unpaired) electrons. The molecule has 0 bridgehead atoms. The van der Waals surface area contributed by atoms with Gasteiger partial charge in [0.2, 0.25) is 0 Å². The number of rotatable bonds is 3. The van der Waals surface area contributed by atoms with Gasteiger partial charge in [0.1, 0.15) is 5.82 Å². The predicted octanol–water partition coefficient (Wildman–Crippen LogP) is 3.65. The zero-order valence-corrected chi connectivity index (χ0v) is 11.6. The second-order valence-electron chi connectivity index (χ2n) is 4.49. The van der Waals surface area contributed by atoms with Crippen LogP contribution in [0, 0.1) is 5.92 Å². The van der Waals surface area contributed by atoms with Gasteiger partial charge in [-0.25, -0.2) is 4.98 Å². The van der Waals surface area contributed by atoms with Gasteiger partial charge in [-0.3, -0.25) is 0 Å². The van der Waals surface area contributed by atoms with E-state index in [1.54, 1.807) is 6.20 Å². The summed E-state index contributed by atoms with van der Waals surface area (Å²) in [5.41, 5.74) is 6.80. The molecule has 0 fully saturated rings. The van der Waals surface area contributed by atoms with Crippen LogP contribution in [0.25, 0.3) is 10.8 Å². The Balaban J connectivity index is 2.47. The standard InChI is InChI=1S/C13H16BrN3/c1-8(2)7-17-13-10-3-4-11(14)12(15)9(10)5-6-16-13/h3-6,8H,7,15H2,1-2H3,(H,16,17). The van der Waals surface area contributed by atoms with Crippen molar-refractivity contribution < 1.29 is 0 Å². The monoisotopic (exact) mass is 293 g/mol. The van der Waals surface area contributed by atoms with Crippen LogP contribution >= 0.6 is 15.9 Å². The summed E-state index contributed by atoms with van der Waals surface area (Å²) in [6, 6.07) is 5.93. The smallest absolute Gasteiger partial charge is 0.133 e. The van der Waals surface area contributed by atoms with E-state index in [9.17, 15) is 0 Å². The van der Waals surface area contributed by atoms with E-state index in [0.29, 0.717) is 5.92 Å². The Bertz CT molecular complexity index is 537. The van der Waals surface area contributed by atoms with Crippen LogP contribution in [0.1, 0.15) is 13.8 Å².